The molecule has 0 unspecified atom stereocenters. The van der Waals surface area contributed by atoms with E-state index in [2.05, 4.69) is 15.6 Å². The second-order valence-corrected chi connectivity index (χ2v) is 3.12. The Hall–Kier alpha value is -0.810. The highest BCUT2D eigenvalue weighted by Crippen LogP contribution is 1.80. The van der Waals surface area contributed by atoms with Crippen LogP contribution in [0.2, 0.25) is 0 Å². The molecule has 0 radical (unpaired) electrons. The summed E-state index contributed by atoms with van der Waals surface area (Å²) in [6, 6.07) is 0. The lowest BCUT2D eigenvalue weighted by atomic mass is 10.4. The van der Waals surface area contributed by atoms with Gasteiger partial charge in [0.1, 0.15) is 0 Å². The SMILES string of the molecule is CN=C(NCCCOC)NCCCOC. The fraction of sp³-hybridized carbons (Fsp3) is 0.900. The van der Waals surface area contributed by atoms with Gasteiger partial charge in [0.05, 0.1) is 0 Å². The minimum atomic E-state index is 0.771. The number of hydrogen-bond acceptors (Lipinski definition) is 3. The van der Waals surface area contributed by atoms with Crippen LogP contribution >= 0.6 is 0 Å². The summed E-state index contributed by atoms with van der Waals surface area (Å²) >= 11 is 0. The van der Waals surface area contributed by atoms with E-state index in [0.29, 0.717) is 0 Å². The van der Waals surface area contributed by atoms with Gasteiger partial charge in [-0.3, -0.25) is 4.99 Å². The molecular formula is C10H23N3O2. The van der Waals surface area contributed by atoms with E-state index in [1.54, 1.807) is 21.3 Å². The molecular weight excluding hydrogens is 194 g/mol. The quantitative estimate of drug-likeness (QED) is 0.347. The summed E-state index contributed by atoms with van der Waals surface area (Å²) in [7, 11) is 5.18. The number of guanidine groups is 1. The minimum Gasteiger partial charge on any atom is -0.385 e. The molecule has 90 valence electrons. The molecule has 0 aliphatic carbocycles. The van der Waals surface area contributed by atoms with Gasteiger partial charge in [-0.25, -0.2) is 0 Å². The molecule has 0 heterocycles. The molecule has 0 aromatic carbocycles. The monoisotopic (exact) mass is 217 g/mol. The molecule has 0 aliphatic rings. The maximum absolute atomic E-state index is 4.95. The zero-order chi connectivity index (χ0) is 11.4. The van der Waals surface area contributed by atoms with E-state index in [1.807, 2.05) is 0 Å². The summed E-state index contributed by atoms with van der Waals surface area (Å²) in [6.45, 7) is 3.29. The predicted octanol–water partition coefficient (Wildman–Crippen LogP) is 0.224. The molecule has 0 bridgehead atoms. The van der Waals surface area contributed by atoms with E-state index in [4.69, 9.17) is 9.47 Å². The summed E-state index contributed by atoms with van der Waals surface area (Å²) in [6.07, 6.45) is 1.96. The number of nitrogens with zero attached hydrogens (tertiary/aromatic N) is 1. The third-order valence-electron chi connectivity index (χ3n) is 1.86. The van der Waals surface area contributed by atoms with Crippen LogP contribution in [0.5, 0.6) is 0 Å². The number of rotatable bonds is 8. The molecule has 0 saturated carbocycles. The van der Waals surface area contributed by atoms with Crippen LogP contribution < -0.4 is 10.6 Å². The van der Waals surface area contributed by atoms with Gasteiger partial charge in [-0.05, 0) is 12.8 Å². The van der Waals surface area contributed by atoms with Crippen molar-refractivity contribution >= 4 is 5.96 Å². The van der Waals surface area contributed by atoms with Gasteiger partial charge in [0.25, 0.3) is 0 Å². The Kier molecular flexibility index (Phi) is 10.7. The van der Waals surface area contributed by atoms with Gasteiger partial charge >= 0.3 is 0 Å². The van der Waals surface area contributed by atoms with Gasteiger partial charge in [-0.2, -0.15) is 0 Å². The molecule has 0 atom stereocenters. The van der Waals surface area contributed by atoms with Gasteiger partial charge < -0.3 is 20.1 Å². The first-order chi connectivity index (χ1) is 7.35. The van der Waals surface area contributed by atoms with E-state index in [1.165, 1.54) is 0 Å². The Morgan fingerprint density at radius 1 is 1.00 bits per heavy atom. The number of aliphatic imine (C=N–C) groups is 1. The van der Waals surface area contributed by atoms with Gasteiger partial charge in [-0.15, -0.1) is 0 Å². The van der Waals surface area contributed by atoms with E-state index < -0.39 is 0 Å². The first-order valence-corrected chi connectivity index (χ1v) is 5.27. The van der Waals surface area contributed by atoms with Crippen molar-refractivity contribution in [1.82, 2.24) is 10.6 Å². The Morgan fingerprint density at radius 2 is 1.47 bits per heavy atom. The largest absolute Gasteiger partial charge is 0.385 e. The van der Waals surface area contributed by atoms with Crippen LogP contribution in [-0.4, -0.2) is 53.5 Å². The average molecular weight is 217 g/mol. The van der Waals surface area contributed by atoms with Gasteiger partial charge in [0.15, 0.2) is 5.96 Å². The normalized spacial score (nSPS) is 9.80. The van der Waals surface area contributed by atoms with E-state index in [0.717, 1.165) is 45.1 Å². The third kappa shape index (κ3) is 9.49. The minimum absolute atomic E-state index is 0.771. The zero-order valence-corrected chi connectivity index (χ0v) is 10.0. The van der Waals surface area contributed by atoms with Crippen LogP contribution in [-0.2, 0) is 9.47 Å². The van der Waals surface area contributed by atoms with Crippen molar-refractivity contribution in [2.24, 2.45) is 4.99 Å². The lowest BCUT2D eigenvalue weighted by Crippen LogP contribution is -2.38. The number of methoxy groups -OCH3 is 2. The maximum atomic E-state index is 4.95. The lowest BCUT2D eigenvalue weighted by molar-refractivity contribution is 0.195. The summed E-state index contributed by atoms with van der Waals surface area (Å²) in [5.74, 6) is 0.835. The molecule has 5 nitrogen and oxygen atoms in total. The van der Waals surface area contributed by atoms with Crippen LogP contribution in [0.3, 0.4) is 0 Å². The van der Waals surface area contributed by atoms with Crippen molar-refractivity contribution in [2.75, 3.05) is 47.6 Å². The summed E-state index contributed by atoms with van der Waals surface area (Å²) in [4.78, 5) is 4.10. The van der Waals surface area contributed by atoms with Crippen LogP contribution in [0.15, 0.2) is 4.99 Å². The summed E-state index contributed by atoms with van der Waals surface area (Å²) in [5, 5.41) is 6.40. The van der Waals surface area contributed by atoms with Crippen molar-refractivity contribution in [2.45, 2.75) is 12.8 Å². The molecule has 0 amide bonds. The molecule has 2 N–H and O–H groups in total. The zero-order valence-electron chi connectivity index (χ0n) is 10.0. The van der Waals surface area contributed by atoms with Crippen molar-refractivity contribution in [1.29, 1.82) is 0 Å². The maximum Gasteiger partial charge on any atom is 0.190 e. The van der Waals surface area contributed by atoms with Gasteiger partial charge in [0, 0.05) is 47.6 Å². The molecule has 15 heavy (non-hydrogen) atoms. The molecule has 0 rings (SSSR count). The lowest BCUT2D eigenvalue weighted by Gasteiger charge is -2.11. The van der Waals surface area contributed by atoms with E-state index in [-0.39, 0.29) is 0 Å². The third-order valence-corrected chi connectivity index (χ3v) is 1.86. The highest BCUT2D eigenvalue weighted by atomic mass is 16.5. The average Bonchev–Trinajstić information content (AvgIpc) is 2.27. The number of hydrogen-bond donors (Lipinski definition) is 2. The highest BCUT2D eigenvalue weighted by molar-refractivity contribution is 5.79. The van der Waals surface area contributed by atoms with E-state index in [9.17, 15) is 0 Å². The molecule has 0 fully saturated rings. The molecule has 0 saturated heterocycles. The molecule has 0 aromatic rings. The van der Waals surface area contributed by atoms with Crippen molar-refractivity contribution in [3.05, 3.63) is 0 Å². The van der Waals surface area contributed by atoms with Crippen molar-refractivity contribution in [3.8, 4) is 0 Å². The fourth-order valence-electron chi connectivity index (χ4n) is 1.07. The van der Waals surface area contributed by atoms with Crippen LogP contribution in [0, 0.1) is 0 Å². The fourth-order valence-corrected chi connectivity index (χ4v) is 1.07. The standard InChI is InChI=1S/C10H23N3O2/c1-11-10(12-6-4-8-14-2)13-7-5-9-15-3/h4-9H2,1-3H3,(H2,11,12,13). The highest BCUT2D eigenvalue weighted by Gasteiger charge is 1.95. The van der Waals surface area contributed by atoms with Gasteiger partial charge in [-0.1, -0.05) is 0 Å². The Balaban J connectivity index is 3.39. The smallest absolute Gasteiger partial charge is 0.190 e. The van der Waals surface area contributed by atoms with E-state index >= 15 is 0 Å². The van der Waals surface area contributed by atoms with Crippen LogP contribution in [0.1, 0.15) is 12.8 Å². The Labute approximate surface area is 92.2 Å². The second-order valence-electron chi connectivity index (χ2n) is 3.12. The topological polar surface area (TPSA) is 54.9 Å². The molecule has 0 spiro atoms. The Morgan fingerprint density at radius 3 is 1.80 bits per heavy atom. The Bertz CT molecular complexity index is 149. The first kappa shape index (κ1) is 14.2. The van der Waals surface area contributed by atoms with Crippen LogP contribution in [0.25, 0.3) is 0 Å². The number of nitrogens with one attached hydrogen (secondary N) is 2. The summed E-state index contributed by atoms with van der Waals surface area (Å²) in [5.41, 5.74) is 0. The number of ether oxygens (including phenoxy) is 2. The second kappa shape index (κ2) is 11.3. The van der Waals surface area contributed by atoms with Gasteiger partial charge in [0.2, 0.25) is 0 Å². The molecule has 0 aromatic heterocycles. The first-order valence-electron chi connectivity index (χ1n) is 5.27. The summed E-state index contributed by atoms with van der Waals surface area (Å²) < 4.78 is 9.91. The predicted molar refractivity (Wildman–Crippen MR) is 62.4 cm³/mol. The van der Waals surface area contributed by atoms with Crippen LogP contribution in [0.4, 0.5) is 0 Å². The van der Waals surface area contributed by atoms with Crippen molar-refractivity contribution in [3.63, 3.8) is 0 Å². The van der Waals surface area contributed by atoms with Crippen molar-refractivity contribution < 1.29 is 9.47 Å². The molecule has 0 aliphatic heterocycles. The molecule has 5 heteroatoms.